The van der Waals surface area contributed by atoms with E-state index in [0.717, 1.165) is 84.5 Å². The Bertz CT molecular complexity index is 1410. The van der Waals surface area contributed by atoms with Crippen molar-refractivity contribution in [1.82, 2.24) is 4.90 Å². The number of ether oxygens (including phenoxy) is 4. The number of nitrogens with zero attached hydrogens (tertiary/aromatic N) is 2. The highest BCUT2D eigenvalue weighted by Gasteiger charge is 2.32. The third-order valence-electron chi connectivity index (χ3n) is 7.61. The van der Waals surface area contributed by atoms with Gasteiger partial charge in [-0.15, -0.1) is 0 Å². The van der Waals surface area contributed by atoms with Crippen LogP contribution < -0.4 is 19.7 Å². The van der Waals surface area contributed by atoms with E-state index in [1.807, 2.05) is 36.4 Å². The van der Waals surface area contributed by atoms with Crippen LogP contribution in [0.15, 0.2) is 60.7 Å². The first-order valence-electron chi connectivity index (χ1n) is 13.3. The molecule has 8 nitrogen and oxygen atoms in total. The second kappa shape index (κ2) is 11.0. The molecular formula is C31H33N3O5. The predicted octanol–water partition coefficient (Wildman–Crippen LogP) is 4.39. The van der Waals surface area contributed by atoms with Gasteiger partial charge in [-0.2, -0.15) is 0 Å². The van der Waals surface area contributed by atoms with Crippen LogP contribution in [-0.2, 0) is 27.4 Å². The molecule has 0 atom stereocenters. The lowest BCUT2D eigenvalue weighted by Crippen LogP contribution is -2.41. The van der Waals surface area contributed by atoms with E-state index in [4.69, 9.17) is 18.9 Å². The maximum atomic E-state index is 12.9. The van der Waals surface area contributed by atoms with Crippen LogP contribution in [0, 0.1) is 0 Å². The summed E-state index contributed by atoms with van der Waals surface area (Å²) in [5.41, 5.74) is 6.53. The molecule has 6 rings (SSSR count). The van der Waals surface area contributed by atoms with Gasteiger partial charge in [-0.05, 0) is 36.4 Å². The summed E-state index contributed by atoms with van der Waals surface area (Å²) in [7, 11) is 3.35. The molecule has 0 unspecified atom stereocenters. The van der Waals surface area contributed by atoms with Crippen LogP contribution in [0.4, 0.5) is 11.4 Å². The van der Waals surface area contributed by atoms with Crippen molar-refractivity contribution in [2.24, 2.45) is 0 Å². The number of morpholine rings is 1. The van der Waals surface area contributed by atoms with E-state index in [1.165, 1.54) is 0 Å². The maximum absolute atomic E-state index is 12.9. The molecule has 0 aromatic heterocycles. The van der Waals surface area contributed by atoms with Crippen LogP contribution >= 0.6 is 0 Å². The Morgan fingerprint density at radius 1 is 0.974 bits per heavy atom. The molecule has 0 saturated carbocycles. The monoisotopic (exact) mass is 527 g/mol. The second-order valence-corrected chi connectivity index (χ2v) is 9.89. The Morgan fingerprint density at radius 2 is 1.82 bits per heavy atom. The lowest BCUT2D eigenvalue weighted by Gasteiger charge is -2.31. The van der Waals surface area contributed by atoms with Gasteiger partial charge in [0.05, 0.1) is 33.0 Å². The van der Waals surface area contributed by atoms with E-state index < -0.39 is 0 Å². The van der Waals surface area contributed by atoms with Crippen LogP contribution in [0.3, 0.4) is 0 Å². The summed E-state index contributed by atoms with van der Waals surface area (Å²) in [4.78, 5) is 17.7. The minimum Gasteiger partial charge on any atom is -0.497 e. The van der Waals surface area contributed by atoms with Gasteiger partial charge in [-0.25, -0.2) is 0 Å². The summed E-state index contributed by atoms with van der Waals surface area (Å²) in [6.45, 7) is 6.32. The molecule has 1 fully saturated rings. The number of rotatable bonds is 8. The highest BCUT2D eigenvalue weighted by atomic mass is 16.5. The number of fused-ring (bicyclic) bond motifs is 2. The Balaban J connectivity index is 1.32. The van der Waals surface area contributed by atoms with Crippen molar-refractivity contribution >= 4 is 28.6 Å². The maximum Gasteiger partial charge on any atom is 0.260 e. The van der Waals surface area contributed by atoms with Gasteiger partial charge >= 0.3 is 0 Å². The normalized spacial score (nSPS) is 18.3. The molecule has 3 aromatic carbocycles. The lowest BCUT2D eigenvalue weighted by atomic mass is 10.00. The standard InChI is InChI=1S/C31H33N3O5/c1-36-24-9-7-21(28(18-24)37-2)19-34(12-11-33-13-15-38-16-14-33)23-8-10-25-22(17-23)20-39-30(25)29-26-5-3-4-6-27(26)32-31(29)35/h3-10,17-18H,11-16,19-20H2,1-2H3,(H,32,35). The van der Waals surface area contributed by atoms with Crippen LogP contribution in [-0.4, -0.2) is 64.4 Å². The van der Waals surface area contributed by atoms with Crippen molar-refractivity contribution < 1.29 is 23.7 Å². The van der Waals surface area contributed by atoms with Crippen molar-refractivity contribution in [1.29, 1.82) is 0 Å². The van der Waals surface area contributed by atoms with Gasteiger partial charge in [-0.1, -0.05) is 18.2 Å². The van der Waals surface area contributed by atoms with Crippen LogP contribution in [0.25, 0.3) is 11.3 Å². The molecular weight excluding hydrogens is 494 g/mol. The zero-order chi connectivity index (χ0) is 26.8. The zero-order valence-corrected chi connectivity index (χ0v) is 22.4. The third-order valence-corrected chi connectivity index (χ3v) is 7.61. The highest BCUT2D eigenvalue weighted by Crippen LogP contribution is 2.42. The van der Waals surface area contributed by atoms with Crippen molar-refractivity contribution in [2.75, 3.05) is 63.8 Å². The molecule has 1 N–H and O–H groups in total. The minimum atomic E-state index is -0.123. The largest absolute Gasteiger partial charge is 0.497 e. The van der Waals surface area contributed by atoms with Gasteiger partial charge in [0.15, 0.2) is 0 Å². The average molecular weight is 528 g/mol. The summed E-state index contributed by atoms with van der Waals surface area (Å²) in [6, 6.07) is 20.1. The van der Waals surface area contributed by atoms with Gasteiger partial charge in [-0.3, -0.25) is 9.69 Å². The molecule has 0 bridgehead atoms. The Hall–Kier alpha value is -4.01. The van der Waals surface area contributed by atoms with E-state index in [2.05, 4.69) is 39.4 Å². The van der Waals surface area contributed by atoms with Gasteiger partial charge in [0.1, 0.15) is 23.9 Å². The van der Waals surface area contributed by atoms with E-state index in [9.17, 15) is 4.79 Å². The molecule has 3 aromatic rings. The van der Waals surface area contributed by atoms with E-state index in [-0.39, 0.29) is 5.91 Å². The number of hydrogen-bond acceptors (Lipinski definition) is 7. The lowest BCUT2D eigenvalue weighted by molar-refractivity contribution is -0.110. The minimum absolute atomic E-state index is 0.123. The molecule has 0 spiro atoms. The summed E-state index contributed by atoms with van der Waals surface area (Å²) in [5.74, 6) is 2.09. The summed E-state index contributed by atoms with van der Waals surface area (Å²) < 4.78 is 22.8. The van der Waals surface area contributed by atoms with Gasteiger partial charge in [0, 0.05) is 72.4 Å². The molecule has 1 saturated heterocycles. The molecule has 0 radical (unpaired) electrons. The van der Waals surface area contributed by atoms with Gasteiger partial charge in [0.2, 0.25) is 0 Å². The Morgan fingerprint density at radius 3 is 2.64 bits per heavy atom. The van der Waals surface area contributed by atoms with Crippen molar-refractivity contribution in [3.63, 3.8) is 0 Å². The molecule has 3 heterocycles. The molecule has 3 aliphatic heterocycles. The quantitative estimate of drug-likeness (QED) is 0.436. The predicted molar refractivity (Wildman–Crippen MR) is 151 cm³/mol. The summed E-state index contributed by atoms with van der Waals surface area (Å²) in [5, 5.41) is 2.96. The zero-order valence-electron chi connectivity index (χ0n) is 22.4. The fourth-order valence-electron chi connectivity index (χ4n) is 5.47. The van der Waals surface area contributed by atoms with Crippen molar-refractivity contribution in [3.05, 3.63) is 82.9 Å². The van der Waals surface area contributed by atoms with Crippen LogP contribution in [0.1, 0.15) is 22.3 Å². The number of hydrogen-bond donors (Lipinski definition) is 1. The summed E-state index contributed by atoms with van der Waals surface area (Å²) in [6.07, 6.45) is 0. The fourth-order valence-corrected chi connectivity index (χ4v) is 5.47. The average Bonchev–Trinajstić information content (AvgIpc) is 3.54. The number of carbonyl (C=O) groups excluding carboxylic acids is 1. The van der Waals surface area contributed by atoms with E-state index in [1.54, 1.807) is 14.2 Å². The van der Waals surface area contributed by atoms with E-state index >= 15 is 0 Å². The summed E-state index contributed by atoms with van der Waals surface area (Å²) >= 11 is 0. The molecule has 3 aliphatic rings. The highest BCUT2D eigenvalue weighted by molar-refractivity contribution is 6.36. The van der Waals surface area contributed by atoms with Crippen molar-refractivity contribution in [2.45, 2.75) is 13.2 Å². The topological polar surface area (TPSA) is 72.5 Å². The van der Waals surface area contributed by atoms with Gasteiger partial charge < -0.3 is 29.2 Å². The number of carbonyl (C=O) groups is 1. The second-order valence-electron chi connectivity index (χ2n) is 9.89. The molecule has 202 valence electrons. The number of amides is 1. The molecule has 39 heavy (non-hydrogen) atoms. The van der Waals surface area contributed by atoms with Crippen molar-refractivity contribution in [3.8, 4) is 11.5 Å². The Kier molecular flexibility index (Phi) is 7.13. The van der Waals surface area contributed by atoms with Crippen LogP contribution in [0.5, 0.6) is 11.5 Å². The number of nitrogens with one attached hydrogen (secondary N) is 1. The number of anilines is 2. The first-order valence-corrected chi connectivity index (χ1v) is 13.3. The molecule has 8 heteroatoms. The van der Waals surface area contributed by atoms with Gasteiger partial charge in [0.25, 0.3) is 5.91 Å². The molecule has 1 amide bonds. The number of para-hydroxylation sites is 1. The number of methoxy groups -OCH3 is 2. The number of benzene rings is 3. The SMILES string of the molecule is COc1ccc(CN(CCN2CCOCC2)c2ccc3c(c2)COC3=C2C(=O)Nc3ccccc32)c(OC)c1. The van der Waals surface area contributed by atoms with Crippen LogP contribution in [0.2, 0.25) is 0 Å². The molecule has 0 aliphatic carbocycles. The Labute approximate surface area is 228 Å². The third kappa shape index (κ3) is 5.05. The van der Waals surface area contributed by atoms with E-state index in [0.29, 0.717) is 24.5 Å². The fraction of sp³-hybridized carbons (Fsp3) is 0.323. The first-order chi connectivity index (χ1) is 19.1. The smallest absolute Gasteiger partial charge is 0.260 e. The first kappa shape index (κ1) is 25.3.